The van der Waals surface area contributed by atoms with Crippen molar-refractivity contribution in [3.63, 3.8) is 0 Å². The van der Waals surface area contributed by atoms with Crippen LogP contribution in [0.5, 0.6) is 0 Å². The average Bonchev–Trinajstić information content (AvgIpc) is 2.70. The second kappa shape index (κ2) is 8.39. The predicted molar refractivity (Wildman–Crippen MR) is 93.2 cm³/mol. The van der Waals surface area contributed by atoms with Gasteiger partial charge in [0.1, 0.15) is 11.8 Å². The molecule has 2 N–H and O–H groups in total. The molecule has 0 saturated carbocycles. The Bertz CT molecular complexity index is 941. The summed E-state index contributed by atoms with van der Waals surface area (Å²) in [5, 5.41) is 36.5. The van der Waals surface area contributed by atoms with Gasteiger partial charge in [-0.3, -0.25) is 19.2 Å². The minimum absolute atomic E-state index is 0.134. The standard InChI is InChI=1S/C20H12N2O6/c21-9-11-1-5-13(6-2-11)17(23)15(19(25)26)16(20(27)28)18(24)14-7-3-12(10-22)4-8-14/h1-8,15-16H,(H,25,26)(H,27,28)/t15-,16-/m1/s1. The highest BCUT2D eigenvalue weighted by molar-refractivity contribution is 6.18. The zero-order valence-corrected chi connectivity index (χ0v) is 14.2. The summed E-state index contributed by atoms with van der Waals surface area (Å²) >= 11 is 0. The van der Waals surface area contributed by atoms with E-state index < -0.39 is 35.3 Å². The maximum atomic E-state index is 12.6. The van der Waals surface area contributed by atoms with Crippen molar-refractivity contribution in [3.8, 4) is 12.1 Å². The summed E-state index contributed by atoms with van der Waals surface area (Å²) in [5.74, 6) is -9.97. The minimum atomic E-state index is -2.16. The lowest BCUT2D eigenvalue weighted by Crippen LogP contribution is -2.40. The molecule has 0 aliphatic rings. The third-order valence-electron chi connectivity index (χ3n) is 4.03. The van der Waals surface area contributed by atoms with Crippen LogP contribution in [0.25, 0.3) is 0 Å². The zero-order valence-electron chi connectivity index (χ0n) is 14.2. The average molecular weight is 376 g/mol. The number of carbonyl (C=O) groups is 4. The lowest BCUT2D eigenvalue weighted by Gasteiger charge is -2.18. The first-order valence-corrected chi connectivity index (χ1v) is 7.84. The van der Waals surface area contributed by atoms with E-state index in [2.05, 4.69) is 0 Å². The summed E-state index contributed by atoms with van der Waals surface area (Å²) in [4.78, 5) is 48.7. The Morgan fingerprint density at radius 2 is 0.929 bits per heavy atom. The molecule has 0 bridgehead atoms. The van der Waals surface area contributed by atoms with E-state index in [0.29, 0.717) is 0 Å². The Balaban J connectivity index is 2.46. The fourth-order valence-electron chi connectivity index (χ4n) is 2.59. The number of carboxylic acids is 2. The van der Waals surface area contributed by atoms with Crippen LogP contribution in [-0.2, 0) is 9.59 Å². The molecule has 2 aromatic rings. The maximum Gasteiger partial charge on any atom is 0.315 e. The van der Waals surface area contributed by atoms with Crippen LogP contribution in [0.2, 0.25) is 0 Å². The summed E-state index contributed by atoms with van der Waals surface area (Å²) in [7, 11) is 0. The first kappa shape index (κ1) is 20.0. The van der Waals surface area contributed by atoms with E-state index in [-0.39, 0.29) is 22.3 Å². The van der Waals surface area contributed by atoms with Crippen molar-refractivity contribution in [3.05, 3.63) is 70.8 Å². The third-order valence-corrected chi connectivity index (χ3v) is 4.03. The number of nitrogens with zero attached hydrogens (tertiary/aromatic N) is 2. The molecule has 0 fully saturated rings. The summed E-state index contributed by atoms with van der Waals surface area (Å²) in [6.07, 6.45) is 0. The van der Waals surface area contributed by atoms with Crippen LogP contribution in [-0.4, -0.2) is 33.7 Å². The molecule has 28 heavy (non-hydrogen) atoms. The van der Waals surface area contributed by atoms with Gasteiger partial charge in [0.25, 0.3) is 0 Å². The molecule has 2 rings (SSSR count). The SMILES string of the molecule is N#Cc1ccc(C(=O)[C@H](C(=O)O)[C@@H](C(=O)O)C(=O)c2ccc(C#N)cc2)cc1. The lowest BCUT2D eigenvalue weighted by molar-refractivity contribution is -0.149. The van der Waals surface area contributed by atoms with Gasteiger partial charge in [-0.1, -0.05) is 24.3 Å². The molecule has 2 aromatic carbocycles. The van der Waals surface area contributed by atoms with E-state index in [1.54, 1.807) is 0 Å². The van der Waals surface area contributed by atoms with Crippen molar-refractivity contribution >= 4 is 23.5 Å². The Morgan fingerprint density at radius 1 is 0.643 bits per heavy atom. The van der Waals surface area contributed by atoms with Crippen LogP contribution >= 0.6 is 0 Å². The summed E-state index contributed by atoms with van der Waals surface area (Å²) in [6, 6.07) is 13.6. The van der Waals surface area contributed by atoms with Crippen LogP contribution in [0, 0.1) is 34.5 Å². The largest absolute Gasteiger partial charge is 0.481 e. The number of nitriles is 2. The fourth-order valence-corrected chi connectivity index (χ4v) is 2.59. The topological polar surface area (TPSA) is 156 Å². The normalized spacial score (nSPS) is 12.1. The van der Waals surface area contributed by atoms with E-state index in [4.69, 9.17) is 10.5 Å². The maximum absolute atomic E-state index is 12.6. The van der Waals surface area contributed by atoms with Crippen molar-refractivity contribution in [2.45, 2.75) is 0 Å². The number of benzene rings is 2. The molecular weight excluding hydrogens is 364 g/mol. The summed E-state index contributed by atoms with van der Waals surface area (Å²) < 4.78 is 0. The predicted octanol–water partition coefficient (Wildman–Crippen LogP) is 1.90. The molecule has 0 aromatic heterocycles. The Morgan fingerprint density at radius 3 is 1.14 bits per heavy atom. The molecule has 0 amide bonds. The number of ketones is 2. The zero-order chi connectivity index (χ0) is 20.8. The van der Waals surface area contributed by atoms with Crippen molar-refractivity contribution in [2.75, 3.05) is 0 Å². The van der Waals surface area contributed by atoms with Crippen molar-refractivity contribution < 1.29 is 29.4 Å². The van der Waals surface area contributed by atoms with E-state index >= 15 is 0 Å². The molecule has 0 unspecified atom stereocenters. The van der Waals surface area contributed by atoms with Gasteiger partial charge in [-0.15, -0.1) is 0 Å². The van der Waals surface area contributed by atoms with Gasteiger partial charge in [0.15, 0.2) is 11.6 Å². The fraction of sp³-hybridized carbons (Fsp3) is 0.100. The van der Waals surface area contributed by atoms with Gasteiger partial charge >= 0.3 is 11.9 Å². The molecule has 0 aliphatic carbocycles. The molecule has 0 radical (unpaired) electrons. The highest BCUT2D eigenvalue weighted by atomic mass is 16.4. The van der Waals surface area contributed by atoms with Crippen LogP contribution in [0.1, 0.15) is 31.8 Å². The van der Waals surface area contributed by atoms with Gasteiger partial charge in [-0.05, 0) is 24.3 Å². The molecule has 2 atom stereocenters. The number of rotatable bonds is 7. The Hall–Kier alpha value is -4.30. The molecule has 0 saturated heterocycles. The smallest absolute Gasteiger partial charge is 0.315 e. The quantitative estimate of drug-likeness (QED) is 0.548. The molecule has 0 aliphatic heterocycles. The highest BCUT2D eigenvalue weighted by Gasteiger charge is 2.44. The van der Waals surface area contributed by atoms with E-state index in [0.717, 1.165) is 0 Å². The number of hydrogen-bond donors (Lipinski definition) is 2. The van der Waals surface area contributed by atoms with Crippen LogP contribution in [0.15, 0.2) is 48.5 Å². The Kier molecular flexibility index (Phi) is 6.00. The van der Waals surface area contributed by atoms with Crippen molar-refractivity contribution in [2.24, 2.45) is 11.8 Å². The van der Waals surface area contributed by atoms with Crippen molar-refractivity contribution in [1.82, 2.24) is 0 Å². The van der Waals surface area contributed by atoms with Gasteiger partial charge in [0, 0.05) is 11.1 Å². The first-order valence-electron chi connectivity index (χ1n) is 7.84. The van der Waals surface area contributed by atoms with Crippen molar-refractivity contribution in [1.29, 1.82) is 10.5 Å². The third kappa shape index (κ3) is 4.09. The van der Waals surface area contributed by atoms with E-state index in [9.17, 15) is 29.4 Å². The lowest BCUT2D eigenvalue weighted by atomic mass is 9.81. The van der Waals surface area contributed by atoms with Gasteiger partial charge < -0.3 is 10.2 Å². The van der Waals surface area contributed by atoms with Gasteiger partial charge in [0.05, 0.1) is 23.3 Å². The van der Waals surface area contributed by atoms with Crippen LogP contribution < -0.4 is 0 Å². The first-order chi connectivity index (χ1) is 13.3. The number of Topliss-reactive ketones (excluding diaryl/α,β-unsaturated/α-hetero) is 2. The van der Waals surface area contributed by atoms with Gasteiger partial charge in [-0.25, -0.2) is 0 Å². The molecule has 0 heterocycles. The van der Waals surface area contributed by atoms with Crippen LogP contribution in [0.4, 0.5) is 0 Å². The second-order valence-electron chi connectivity index (χ2n) is 5.74. The molecule has 138 valence electrons. The van der Waals surface area contributed by atoms with Gasteiger partial charge in [0.2, 0.25) is 0 Å². The summed E-state index contributed by atoms with van der Waals surface area (Å²) in [5.41, 5.74) is 0.189. The molecular formula is C20H12N2O6. The minimum Gasteiger partial charge on any atom is -0.481 e. The Labute approximate surface area is 158 Å². The molecule has 8 nitrogen and oxygen atoms in total. The number of carbonyl (C=O) groups excluding carboxylic acids is 2. The molecule has 8 heteroatoms. The van der Waals surface area contributed by atoms with E-state index in [1.165, 1.54) is 48.5 Å². The van der Waals surface area contributed by atoms with E-state index in [1.807, 2.05) is 12.1 Å². The van der Waals surface area contributed by atoms with Gasteiger partial charge in [-0.2, -0.15) is 10.5 Å². The summed E-state index contributed by atoms with van der Waals surface area (Å²) in [6.45, 7) is 0. The number of hydrogen-bond acceptors (Lipinski definition) is 6. The number of carboxylic acid groups (broad SMARTS) is 2. The highest BCUT2D eigenvalue weighted by Crippen LogP contribution is 2.24. The molecule has 0 spiro atoms. The number of aliphatic carboxylic acids is 2. The second-order valence-corrected chi connectivity index (χ2v) is 5.74. The monoisotopic (exact) mass is 376 g/mol. The van der Waals surface area contributed by atoms with Crippen LogP contribution in [0.3, 0.4) is 0 Å².